The molecule has 5 nitrogen and oxygen atoms in total. The number of nitrogens with one attached hydrogen (secondary N) is 1. The molecule has 34 heavy (non-hydrogen) atoms. The molecule has 1 amide bonds. The summed E-state index contributed by atoms with van der Waals surface area (Å²) in [5, 5.41) is 3.61. The van der Waals surface area contributed by atoms with E-state index in [0.29, 0.717) is 23.7 Å². The topological polar surface area (TPSA) is 56.1 Å². The lowest BCUT2D eigenvalue weighted by molar-refractivity contribution is 0.0953. The van der Waals surface area contributed by atoms with E-state index in [1.165, 1.54) is 5.56 Å². The summed E-state index contributed by atoms with van der Waals surface area (Å²) in [6, 6.07) is 23.3. The number of aryl methyl sites for hydroxylation is 3. The highest BCUT2D eigenvalue weighted by molar-refractivity contribution is 6.30. The molecule has 0 atom stereocenters. The molecule has 0 spiro atoms. The van der Waals surface area contributed by atoms with Crippen LogP contribution in [0.15, 0.2) is 72.8 Å². The maximum atomic E-state index is 12.3. The summed E-state index contributed by atoms with van der Waals surface area (Å²) in [4.78, 5) is 17.2. The average Bonchev–Trinajstić information content (AvgIpc) is 3.20. The summed E-state index contributed by atoms with van der Waals surface area (Å²) in [5.74, 6) is 1.89. The maximum absolute atomic E-state index is 12.3. The molecule has 6 heteroatoms. The van der Waals surface area contributed by atoms with Crippen molar-refractivity contribution in [2.45, 2.75) is 39.2 Å². The van der Waals surface area contributed by atoms with Gasteiger partial charge in [-0.3, -0.25) is 4.79 Å². The van der Waals surface area contributed by atoms with Gasteiger partial charge in [-0.1, -0.05) is 41.4 Å². The minimum absolute atomic E-state index is 0.0845. The van der Waals surface area contributed by atoms with Gasteiger partial charge in [0.05, 0.1) is 17.6 Å². The van der Waals surface area contributed by atoms with Gasteiger partial charge >= 0.3 is 0 Å². The first-order chi connectivity index (χ1) is 16.6. The minimum atomic E-state index is -0.0845. The molecule has 0 radical (unpaired) electrons. The van der Waals surface area contributed by atoms with Crippen LogP contribution in [0.25, 0.3) is 11.0 Å². The molecule has 0 fully saturated rings. The number of fused-ring (bicyclic) bond motifs is 1. The van der Waals surface area contributed by atoms with Crippen molar-refractivity contribution in [3.8, 4) is 5.75 Å². The number of carbonyl (C=O) groups is 1. The summed E-state index contributed by atoms with van der Waals surface area (Å²) in [6.07, 6.45) is 3.60. The third kappa shape index (κ3) is 6.39. The van der Waals surface area contributed by atoms with Crippen LogP contribution in [0.2, 0.25) is 5.02 Å². The van der Waals surface area contributed by atoms with Crippen LogP contribution in [0.1, 0.15) is 41.0 Å². The van der Waals surface area contributed by atoms with E-state index in [2.05, 4.69) is 47.1 Å². The Labute approximate surface area is 205 Å². The van der Waals surface area contributed by atoms with Gasteiger partial charge in [-0.05, 0) is 74.7 Å². The Bertz CT molecular complexity index is 1220. The molecule has 0 saturated heterocycles. The number of hydrogen-bond donors (Lipinski definition) is 1. The average molecular weight is 476 g/mol. The standard InChI is InChI=1S/C28H30ClN3O2/c1-21-10-16-24(17-11-21)34-20-5-4-19-32-26-8-3-2-7-25(26)31-27(32)9-6-18-30-28(33)22-12-14-23(29)15-13-22/h2-3,7-8,10-17H,4-6,9,18-20H2,1H3,(H,30,33). The van der Waals surface area contributed by atoms with Gasteiger partial charge in [0.2, 0.25) is 0 Å². The van der Waals surface area contributed by atoms with Crippen molar-refractivity contribution in [1.29, 1.82) is 0 Å². The zero-order valence-electron chi connectivity index (χ0n) is 19.5. The van der Waals surface area contributed by atoms with Crippen LogP contribution in [0, 0.1) is 6.92 Å². The monoisotopic (exact) mass is 475 g/mol. The molecule has 0 aliphatic heterocycles. The second-order valence-corrected chi connectivity index (χ2v) is 8.84. The number of aromatic nitrogens is 2. The first kappa shape index (κ1) is 23.8. The van der Waals surface area contributed by atoms with Gasteiger partial charge in [0, 0.05) is 30.1 Å². The van der Waals surface area contributed by atoms with Crippen molar-refractivity contribution >= 4 is 28.5 Å². The quantitative estimate of drug-likeness (QED) is 0.262. The normalized spacial score (nSPS) is 11.0. The summed E-state index contributed by atoms with van der Waals surface area (Å²) in [5.41, 5.74) is 4.02. The van der Waals surface area contributed by atoms with E-state index in [9.17, 15) is 4.79 Å². The van der Waals surface area contributed by atoms with Crippen LogP contribution in [0.4, 0.5) is 0 Å². The van der Waals surface area contributed by atoms with Gasteiger partial charge in [-0.15, -0.1) is 0 Å². The lowest BCUT2D eigenvalue weighted by atomic mass is 10.2. The number of ether oxygens (including phenoxy) is 1. The minimum Gasteiger partial charge on any atom is -0.494 e. The lowest BCUT2D eigenvalue weighted by Gasteiger charge is -2.11. The van der Waals surface area contributed by atoms with Gasteiger partial charge in [0.1, 0.15) is 11.6 Å². The number of rotatable bonds is 11. The van der Waals surface area contributed by atoms with Crippen molar-refractivity contribution in [3.05, 3.63) is 94.8 Å². The van der Waals surface area contributed by atoms with E-state index in [1.54, 1.807) is 24.3 Å². The molecule has 0 bridgehead atoms. The second kappa shape index (κ2) is 11.7. The Morgan fingerprint density at radius 2 is 1.74 bits per heavy atom. The van der Waals surface area contributed by atoms with Crippen molar-refractivity contribution in [2.75, 3.05) is 13.2 Å². The van der Waals surface area contributed by atoms with Gasteiger partial charge in [0.15, 0.2) is 0 Å². The predicted molar refractivity (Wildman–Crippen MR) is 138 cm³/mol. The molecule has 1 aromatic heterocycles. The summed E-state index contributed by atoms with van der Waals surface area (Å²) < 4.78 is 8.18. The Morgan fingerprint density at radius 3 is 2.53 bits per heavy atom. The molecule has 4 aromatic rings. The highest BCUT2D eigenvalue weighted by atomic mass is 35.5. The third-order valence-electron chi connectivity index (χ3n) is 5.77. The maximum Gasteiger partial charge on any atom is 0.251 e. The van der Waals surface area contributed by atoms with Gasteiger partial charge in [0.25, 0.3) is 5.91 Å². The number of para-hydroxylation sites is 2. The first-order valence-corrected chi connectivity index (χ1v) is 12.2. The molecule has 176 valence electrons. The number of hydrogen-bond acceptors (Lipinski definition) is 3. The first-order valence-electron chi connectivity index (χ1n) is 11.8. The van der Waals surface area contributed by atoms with Crippen LogP contribution in [0.3, 0.4) is 0 Å². The number of benzene rings is 3. The molecule has 0 saturated carbocycles. The van der Waals surface area contributed by atoms with Gasteiger partial charge in [-0.2, -0.15) is 0 Å². The van der Waals surface area contributed by atoms with E-state index in [0.717, 1.165) is 54.8 Å². The number of carbonyl (C=O) groups excluding carboxylic acids is 1. The number of amides is 1. The number of unbranched alkanes of at least 4 members (excludes halogenated alkanes) is 1. The summed E-state index contributed by atoms with van der Waals surface area (Å²) in [6.45, 7) is 4.26. The van der Waals surface area contributed by atoms with Crippen LogP contribution in [-0.4, -0.2) is 28.6 Å². The Kier molecular flexibility index (Phi) is 8.21. The van der Waals surface area contributed by atoms with Crippen LogP contribution in [0.5, 0.6) is 5.75 Å². The predicted octanol–water partition coefficient (Wildman–Crippen LogP) is 6.22. The highest BCUT2D eigenvalue weighted by Crippen LogP contribution is 2.19. The highest BCUT2D eigenvalue weighted by Gasteiger charge is 2.11. The summed E-state index contributed by atoms with van der Waals surface area (Å²) >= 11 is 5.90. The number of nitrogens with zero attached hydrogens (tertiary/aromatic N) is 2. The fourth-order valence-corrected chi connectivity index (χ4v) is 4.04. The third-order valence-corrected chi connectivity index (χ3v) is 6.02. The summed E-state index contributed by atoms with van der Waals surface area (Å²) in [7, 11) is 0. The number of imidazole rings is 1. The fourth-order valence-electron chi connectivity index (χ4n) is 3.91. The fraction of sp³-hybridized carbons (Fsp3) is 0.286. The van der Waals surface area contributed by atoms with Crippen molar-refractivity contribution in [1.82, 2.24) is 14.9 Å². The molecule has 1 N–H and O–H groups in total. The lowest BCUT2D eigenvalue weighted by Crippen LogP contribution is -2.25. The molecule has 0 unspecified atom stereocenters. The van der Waals surface area contributed by atoms with Crippen molar-refractivity contribution in [3.63, 3.8) is 0 Å². The Morgan fingerprint density at radius 1 is 0.971 bits per heavy atom. The number of halogens is 1. The van der Waals surface area contributed by atoms with E-state index >= 15 is 0 Å². The molecule has 1 heterocycles. The SMILES string of the molecule is Cc1ccc(OCCCCn2c(CCCNC(=O)c3ccc(Cl)cc3)nc3ccccc32)cc1. The van der Waals surface area contributed by atoms with Gasteiger partial charge in [-0.25, -0.2) is 4.98 Å². The van der Waals surface area contributed by atoms with E-state index in [4.69, 9.17) is 21.3 Å². The zero-order valence-corrected chi connectivity index (χ0v) is 20.2. The molecular weight excluding hydrogens is 446 g/mol. The smallest absolute Gasteiger partial charge is 0.251 e. The zero-order chi connectivity index (χ0) is 23.8. The van der Waals surface area contributed by atoms with E-state index in [1.807, 2.05) is 18.2 Å². The van der Waals surface area contributed by atoms with E-state index in [-0.39, 0.29) is 5.91 Å². The van der Waals surface area contributed by atoms with Crippen molar-refractivity contribution < 1.29 is 9.53 Å². The van der Waals surface area contributed by atoms with Crippen LogP contribution < -0.4 is 10.1 Å². The molecule has 4 rings (SSSR count). The van der Waals surface area contributed by atoms with E-state index < -0.39 is 0 Å². The molecule has 0 aliphatic rings. The largest absolute Gasteiger partial charge is 0.494 e. The van der Waals surface area contributed by atoms with Crippen molar-refractivity contribution in [2.24, 2.45) is 0 Å². The van der Waals surface area contributed by atoms with Crippen LogP contribution in [-0.2, 0) is 13.0 Å². The molecule has 0 aliphatic carbocycles. The van der Waals surface area contributed by atoms with Crippen LogP contribution >= 0.6 is 11.6 Å². The second-order valence-electron chi connectivity index (χ2n) is 8.40. The molecular formula is C28H30ClN3O2. The molecule has 3 aromatic carbocycles. The Hall–Kier alpha value is -3.31. The van der Waals surface area contributed by atoms with Gasteiger partial charge < -0.3 is 14.6 Å². The Balaban J connectivity index is 1.28.